The SMILES string of the molecule is CCC(C)CN(CC)C(=O)c1ccc(NN)nc1. The molecular weight excluding hydrogens is 228 g/mol. The van der Waals surface area contributed by atoms with Gasteiger partial charge >= 0.3 is 0 Å². The lowest BCUT2D eigenvalue weighted by atomic mass is 10.1. The minimum atomic E-state index is 0.0221. The highest BCUT2D eigenvalue weighted by Crippen LogP contribution is 2.10. The Kier molecular flexibility index (Phi) is 5.58. The van der Waals surface area contributed by atoms with Crippen LogP contribution in [0.5, 0.6) is 0 Å². The topological polar surface area (TPSA) is 71.2 Å². The van der Waals surface area contributed by atoms with Crippen molar-refractivity contribution < 1.29 is 4.79 Å². The number of hydrogen-bond acceptors (Lipinski definition) is 4. The summed E-state index contributed by atoms with van der Waals surface area (Å²) in [6, 6.07) is 3.44. The van der Waals surface area contributed by atoms with Crippen molar-refractivity contribution in [3.8, 4) is 0 Å². The maximum absolute atomic E-state index is 12.3. The molecule has 5 nitrogen and oxygen atoms in total. The Morgan fingerprint density at radius 2 is 2.22 bits per heavy atom. The molecule has 18 heavy (non-hydrogen) atoms. The third-order valence-electron chi connectivity index (χ3n) is 3.06. The first-order chi connectivity index (χ1) is 8.62. The maximum Gasteiger partial charge on any atom is 0.255 e. The van der Waals surface area contributed by atoms with Gasteiger partial charge in [0.2, 0.25) is 0 Å². The second-order valence-electron chi connectivity index (χ2n) is 4.43. The zero-order valence-corrected chi connectivity index (χ0v) is 11.3. The van der Waals surface area contributed by atoms with Gasteiger partial charge in [0.05, 0.1) is 5.56 Å². The van der Waals surface area contributed by atoms with Crippen molar-refractivity contribution in [2.75, 3.05) is 18.5 Å². The largest absolute Gasteiger partial charge is 0.339 e. The predicted octanol–water partition coefficient (Wildman–Crippen LogP) is 1.88. The highest BCUT2D eigenvalue weighted by molar-refractivity contribution is 5.94. The Morgan fingerprint density at radius 3 is 2.67 bits per heavy atom. The molecule has 1 aromatic rings. The summed E-state index contributed by atoms with van der Waals surface area (Å²) in [5.74, 6) is 6.32. The molecule has 0 radical (unpaired) electrons. The molecule has 5 heteroatoms. The predicted molar refractivity (Wildman–Crippen MR) is 73.1 cm³/mol. The zero-order chi connectivity index (χ0) is 13.5. The number of nitrogens with two attached hydrogens (primary N) is 1. The summed E-state index contributed by atoms with van der Waals surface area (Å²) in [5.41, 5.74) is 3.04. The molecule has 3 N–H and O–H groups in total. The number of hydrogen-bond donors (Lipinski definition) is 2. The van der Waals surface area contributed by atoms with Gasteiger partial charge in [0.15, 0.2) is 0 Å². The van der Waals surface area contributed by atoms with Crippen molar-refractivity contribution in [2.24, 2.45) is 11.8 Å². The van der Waals surface area contributed by atoms with Gasteiger partial charge in [-0.1, -0.05) is 20.3 Å². The number of hydrazine groups is 1. The molecule has 0 aromatic carbocycles. The van der Waals surface area contributed by atoms with Gasteiger partial charge in [-0.2, -0.15) is 0 Å². The van der Waals surface area contributed by atoms with E-state index in [1.54, 1.807) is 18.3 Å². The Hall–Kier alpha value is -1.62. The number of nitrogens with one attached hydrogen (secondary N) is 1. The van der Waals surface area contributed by atoms with Gasteiger partial charge in [-0.05, 0) is 25.0 Å². The molecule has 0 spiro atoms. The molecule has 0 saturated heterocycles. The van der Waals surface area contributed by atoms with Crippen LogP contribution in [0, 0.1) is 5.92 Å². The van der Waals surface area contributed by atoms with Crippen molar-refractivity contribution in [2.45, 2.75) is 27.2 Å². The summed E-state index contributed by atoms with van der Waals surface area (Å²) < 4.78 is 0. The molecule has 0 aliphatic rings. The van der Waals surface area contributed by atoms with Crippen molar-refractivity contribution in [1.29, 1.82) is 0 Å². The number of anilines is 1. The van der Waals surface area contributed by atoms with E-state index in [0.29, 0.717) is 23.8 Å². The number of nitrogen functional groups attached to an aromatic ring is 1. The molecular formula is C13H22N4O. The zero-order valence-electron chi connectivity index (χ0n) is 11.3. The lowest BCUT2D eigenvalue weighted by Gasteiger charge is -2.24. The number of carbonyl (C=O) groups is 1. The van der Waals surface area contributed by atoms with Gasteiger partial charge < -0.3 is 10.3 Å². The standard InChI is InChI=1S/C13H22N4O/c1-4-10(3)9-17(5-2)13(18)11-6-7-12(16-14)15-8-11/h6-8,10H,4-5,9,14H2,1-3H3,(H,15,16). The number of amides is 1. The Bertz CT molecular complexity index is 377. The summed E-state index contributed by atoms with van der Waals surface area (Å²) in [5, 5.41) is 0. The van der Waals surface area contributed by atoms with E-state index in [1.165, 1.54) is 0 Å². The first-order valence-corrected chi connectivity index (χ1v) is 6.34. The van der Waals surface area contributed by atoms with Crippen molar-refractivity contribution in [3.05, 3.63) is 23.9 Å². The van der Waals surface area contributed by atoms with Gasteiger partial charge in [-0.3, -0.25) is 4.79 Å². The summed E-state index contributed by atoms with van der Waals surface area (Å²) >= 11 is 0. The number of rotatable bonds is 6. The highest BCUT2D eigenvalue weighted by Gasteiger charge is 2.16. The van der Waals surface area contributed by atoms with Crippen molar-refractivity contribution >= 4 is 11.7 Å². The van der Waals surface area contributed by atoms with Crippen LogP contribution < -0.4 is 11.3 Å². The smallest absolute Gasteiger partial charge is 0.255 e. The number of aromatic nitrogens is 1. The summed E-state index contributed by atoms with van der Waals surface area (Å²) in [4.78, 5) is 18.2. The van der Waals surface area contributed by atoms with E-state index < -0.39 is 0 Å². The number of nitrogens with zero attached hydrogens (tertiary/aromatic N) is 2. The Labute approximate surface area is 108 Å². The third kappa shape index (κ3) is 3.70. The van der Waals surface area contributed by atoms with E-state index in [1.807, 2.05) is 11.8 Å². The maximum atomic E-state index is 12.3. The fourth-order valence-electron chi connectivity index (χ4n) is 1.65. The molecule has 0 saturated carbocycles. The molecule has 1 heterocycles. The first kappa shape index (κ1) is 14.4. The molecule has 1 atom stereocenters. The molecule has 1 aromatic heterocycles. The van der Waals surface area contributed by atoms with Gasteiger partial charge in [0.25, 0.3) is 5.91 Å². The number of pyridine rings is 1. The van der Waals surface area contributed by atoms with Crippen molar-refractivity contribution in [3.63, 3.8) is 0 Å². The van der Waals surface area contributed by atoms with Crippen LogP contribution in [0.4, 0.5) is 5.82 Å². The van der Waals surface area contributed by atoms with Gasteiger partial charge in [0, 0.05) is 19.3 Å². The monoisotopic (exact) mass is 250 g/mol. The van der Waals surface area contributed by atoms with Crippen LogP contribution in [0.15, 0.2) is 18.3 Å². The molecule has 0 aliphatic heterocycles. The van der Waals surface area contributed by atoms with Crippen LogP contribution in [0.25, 0.3) is 0 Å². The van der Waals surface area contributed by atoms with Crippen LogP contribution in [0.1, 0.15) is 37.6 Å². The minimum absolute atomic E-state index is 0.0221. The quantitative estimate of drug-likeness (QED) is 0.597. The molecule has 1 amide bonds. The number of carbonyl (C=O) groups excluding carboxylic acids is 1. The van der Waals surface area contributed by atoms with Crippen LogP contribution in [0.2, 0.25) is 0 Å². The van der Waals surface area contributed by atoms with Gasteiger partial charge in [-0.15, -0.1) is 0 Å². The Balaban J connectivity index is 2.76. The van der Waals surface area contributed by atoms with Crippen molar-refractivity contribution in [1.82, 2.24) is 9.88 Å². The van der Waals surface area contributed by atoms with Gasteiger partial charge in [-0.25, -0.2) is 10.8 Å². The van der Waals surface area contributed by atoms with E-state index in [0.717, 1.165) is 13.0 Å². The van der Waals surface area contributed by atoms with E-state index >= 15 is 0 Å². The van der Waals surface area contributed by atoms with E-state index in [4.69, 9.17) is 5.84 Å². The highest BCUT2D eigenvalue weighted by atomic mass is 16.2. The third-order valence-corrected chi connectivity index (χ3v) is 3.06. The molecule has 100 valence electrons. The molecule has 1 unspecified atom stereocenters. The lowest BCUT2D eigenvalue weighted by molar-refractivity contribution is 0.0740. The fourth-order valence-corrected chi connectivity index (χ4v) is 1.65. The first-order valence-electron chi connectivity index (χ1n) is 6.34. The van der Waals surface area contributed by atoms with E-state index in [-0.39, 0.29) is 5.91 Å². The van der Waals surface area contributed by atoms with Crippen LogP contribution in [-0.4, -0.2) is 28.9 Å². The van der Waals surface area contributed by atoms with Crippen LogP contribution in [-0.2, 0) is 0 Å². The second kappa shape index (κ2) is 6.96. The lowest BCUT2D eigenvalue weighted by Crippen LogP contribution is -2.34. The summed E-state index contributed by atoms with van der Waals surface area (Å²) in [6.45, 7) is 7.76. The van der Waals surface area contributed by atoms with Gasteiger partial charge in [0.1, 0.15) is 5.82 Å². The molecule has 1 rings (SSSR count). The van der Waals surface area contributed by atoms with Crippen LogP contribution in [0.3, 0.4) is 0 Å². The molecule has 0 fully saturated rings. The molecule has 0 aliphatic carbocycles. The Morgan fingerprint density at radius 1 is 1.50 bits per heavy atom. The summed E-state index contributed by atoms with van der Waals surface area (Å²) in [6.07, 6.45) is 2.62. The summed E-state index contributed by atoms with van der Waals surface area (Å²) in [7, 11) is 0. The fraction of sp³-hybridized carbons (Fsp3) is 0.538. The average molecular weight is 250 g/mol. The average Bonchev–Trinajstić information content (AvgIpc) is 2.43. The minimum Gasteiger partial charge on any atom is -0.339 e. The molecule has 0 bridgehead atoms. The van der Waals surface area contributed by atoms with E-state index in [2.05, 4.69) is 24.3 Å². The van der Waals surface area contributed by atoms with E-state index in [9.17, 15) is 4.79 Å². The normalized spacial score (nSPS) is 12.0. The van der Waals surface area contributed by atoms with Crippen LogP contribution >= 0.6 is 0 Å². The second-order valence-corrected chi connectivity index (χ2v) is 4.43.